The topological polar surface area (TPSA) is 79.0 Å². The van der Waals surface area contributed by atoms with E-state index in [4.69, 9.17) is 16.3 Å². The van der Waals surface area contributed by atoms with E-state index in [1.807, 2.05) is 12.1 Å². The molecule has 6 nitrogen and oxygen atoms in total. The molecule has 102 valence electrons. The van der Waals surface area contributed by atoms with Crippen LogP contribution in [0.15, 0.2) is 18.2 Å². The minimum absolute atomic E-state index is 0.175. The highest BCUT2D eigenvalue weighted by Gasteiger charge is 2.08. The first kappa shape index (κ1) is 13.8. The summed E-state index contributed by atoms with van der Waals surface area (Å²) < 4.78 is 4.87. The van der Waals surface area contributed by atoms with Crippen molar-refractivity contribution in [1.29, 1.82) is 0 Å². The van der Waals surface area contributed by atoms with Gasteiger partial charge in [-0.3, -0.25) is 10.1 Å². The molecule has 0 saturated heterocycles. The Morgan fingerprint density at radius 1 is 1.53 bits per heavy atom. The maximum absolute atomic E-state index is 11.6. The molecule has 1 aromatic heterocycles. The van der Waals surface area contributed by atoms with Crippen molar-refractivity contribution in [3.8, 4) is 0 Å². The van der Waals surface area contributed by atoms with Gasteiger partial charge in [0, 0.05) is 13.7 Å². The van der Waals surface area contributed by atoms with Gasteiger partial charge in [-0.2, -0.15) is 0 Å². The van der Waals surface area contributed by atoms with Gasteiger partial charge in [0.2, 0.25) is 11.9 Å². The fourth-order valence-electron chi connectivity index (χ4n) is 1.61. The number of amides is 1. The molecule has 19 heavy (non-hydrogen) atoms. The molecule has 0 unspecified atom stereocenters. The van der Waals surface area contributed by atoms with Crippen LogP contribution < -0.4 is 10.6 Å². The highest BCUT2D eigenvalue weighted by Crippen LogP contribution is 2.22. The van der Waals surface area contributed by atoms with Gasteiger partial charge in [-0.05, 0) is 12.1 Å². The number of fused-ring (bicyclic) bond motifs is 1. The number of benzene rings is 1. The number of para-hydroxylation sites is 1. The maximum atomic E-state index is 11.6. The minimum atomic E-state index is -0.175. The molecule has 0 bridgehead atoms. The lowest BCUT2D eigenvalue weighted by Gasteiger charge is -2.03. The molecule has 1 amide bonds. The molecule has 0 spiro atoms. The Bertz CT molecular complexity index is 570. The molecule has 3 N–H and O–H groups in total. The van der Waals surface area contributed by atoms with Gasteiger partial charge in [0.15, 0.2) is 0 Å². The van der Waals surface area contributed by atoms with Crippen molar-refractivity contribution in [3.63, 3.8) is 0 Å². The Kier molecular flexibility index (Phi) is 4.73. The van der Waals surface area contributed by atoms with E-state index in [0.717, 1.165) is 5.52 Å². The van der Waals surface area contributed by atoms with Crippen LogP contribution in [-0.2, 0) is 9.53 Å². The van der Waals surface area contributed by atoms with Crippen molar-refractivity contribution in [1.82, 2.24) is 15.3 Å². The summed E-state index contributed by atoms with van der Waals surface area (Å²) in [5, 5.41) is 6.16. The first-order chi connectivity index (χ1) is 9.20. The number of hydrogen-bond donors (Lipinski definition) is 3. The summed E-state index contributed by atoms with van der Waals surface area (Å²) in [6.07, 6.45) is 0. The molecule has 1 aromatic carbocycles. The zero-order valence-electron chi connectivity index (χ0n) is 10.5. The average Bonchev–Trinajstić information content (AvgIpc) is 2.79. The van der Waals surface area contributed by atoms with Gasteiger partial charge >= 0.3 is 0 Å². The number of halogens is 1. The average molecular weight is 283 g/mol. The highest BCUT2D eigenvalue weighted by molar-refractivity contribution is 6.35. The molecule has 7 heteroatoms. The van der Waals surface area contributed by atoms with Crippen molar-refractivity contribution in [2.45, 2.75) is 0 Å². The van der Waals surface area contributed by atoms with Gasteiger partial charge in [0.1, 0.15) is 5.52 Å². The van der Waals surface area contributed by atoms with Crippen LogP contribution in [0.25, 0.3) is 11.0 Å². The van der Waals surface area contributed by atoms with Crippen molar-refractivity contribution in [2.75, 3.05) is 32.1 Å². The van der Waals surface area contributed by atoms with Crippen LogP contribution in [0, 0.1) is 0 Å². The predicted molar refractivity (Wildman–Crippen MR) is 74.5 cm³/mol. The molecule has 0 aliphatic heterocycles. The zero-order valence-corrected chi connectivity index (χ0v) is 11.3. The number of rotatable bonds is 6. The highest BCUT2D eigenvalue weighted by atomic mass is 35.5. The number of nitrogens with one attached hydrogen (secondary N) is 3. The lowest BCUT2D eigenvalue weighted by molar-refractivity contribution is -0.115. The fraction of sp³-hybridized carbons (Fsp3) is 0.333. The van der Waals surface area contributed by atoms with Crippen molar-refractivity contribution in [3.05, 3.63) is 23.2 Å². The van der Waals surface area contributed by atoms with Crippen molar-refractivity contribution >= 4 is 34.5 Å². The number of nitrogens with zero attached hydrogens (tertiary/aromatic N) is 1. The third-order valence-electron chi connectivity index (χ3n) is 2.49. The van der Waals surface area contributed by atoms with Crippen molar-refractivity contribution < 1.29 is 9.53 Å². The molecular weight excluding hydrogens is 268 g/mol. The fourth-order valence-corrected chi connectivity index (χ4v) is 1.83. The van der Waals surface area contributed by atoms with Gasteiger partial charge in [0.25, 0.3) is 0 Å². The standard InChI is InChI=1S/C12H15ClN4O2/c1-19-6-5-14-7-10(18)16-12-15-9-4-2-3-8(13)11(9)17-12/h2-4,14H,5-7H2,1H3,(H2,15,16,17,18). The molecule has 0 atom stereocenters. The Morgan fingerprint density at radius 2 is 2.37 bits per heavy atom. The molecule has 1 heterocycles. The molecule has 0 saturated carbocycles. The van der Waals surface area contributed by atoms with E-state index in [1.165, 1.54) is 0 Å². The smallest absolute Gasteiger partial charge is 0.240 e. The zero-order chi connectivity index (χ0) is 13.7. The first-order valence-corrected chi connectivity index (χ1v) is 6.22. The molecule has 0 aliphatic carbocycles. The summed E-state index contributed by atoms with van der Waals surface area (Å²) in [6.45, 7) is 1.39. The van der Waals surface area contributed by atoms with Crippen LogP contribution in [0.4, 0.5) is 5.95 Å². The van der Waals surface area contributed by atoms with Gasteiger partial charge in [-0.25, -0.2) is 4.98 Å². The molecule has 2 rings (SSSR count). The van der Waals surface area contributed by atoms with Crippen molar-refractivity contribution in [2.24, 2.45) is 0 Å². The largest absolute Gasteiger partial charge is 0.383 e. The van der Waals surface area contributed by atoms with E-state index < -0.39 is 0 Å². The Labute approximate surface area is 115 Å². The van der Waals surface area contributed by atoms with Crippen LogP contribution in [0.5, 0.6) is 0 Å². The Morgan fingerprint density at radius 3 is 3.11 bits per heavy atom. The lowest BCUT2D eigenvalue weighted by Crippen LogP contribution is -2.30. The maximum Gasteiger partial charge on any atom is 0.240 e. The summed E-state index contributed by atoms with van der Waals surface area (Å²) in [6, 6.07) is 5.42. The number of carbonyl (C=O) groups is 1. The second kappa shape index (κ2) is 6.51. The van der Waals surface area contributed by atoms with Gasteiger partial charge < -0.3 is 15.0 Å². The van der Waals surface area contributed by atoms with E-state index in [2.05, 4.69) is 20.6 Å². The van der Waals surface area contributed by atoms with Gasteiger partial charge in [-0.15, -0.1) is 0 Å². The number of H-pyrrole nitrogens is 1. The Balaban J connectivity index is 1.94. The van der Waals surface area contributed by atoms with Gasteiger partial charge in [0.05, 0.1) is 23.7 Å². The monoisotopic (exact) mass is 282 g/mol. The summed E-state index contributed by atoms with van der Waals surface area (Å²) in [5.41, 5.74) is 1.43. The van der Waals surface area contributed by atoms with Crippen LogP contribution in [0.3, 0.4) is 0 Å². The molecule has 0 radical (unpaired) electrons. The number of hydrogen-bond acceptors (Lipinski definition) is 4. The molecule has 2 aromatic rings. The number of methoxy groups -OCH3 is 1. The SMILES string of the molecule is COCCNCC(=O)Nc1nc2c(Cl)cccc2[nH]1. The number of ether oxygens (including phenoxy) is 1. The van der Waals surface area contributed by atoms with E-state index in [-0.39, 0.29) is 12.5 Å². The first-order valence-electron chi connectivity index (χ1n) is 5.84. The van der Waals surface area contributed by atoms with Crippen LogP contribution >= 0.6 is 11.6 Å². The Hall–Kier alpha value is -1.63. The number of aromatic amines is 1. The van der Waals surface area contributed by atoms with Crippen LogP contribution in [-0.4, -0.2) is 42.7 Å². The molecule has 0 fully saturated rings. The van der Waals surface area contributed by atoms with E-state index in [9.17, 15) is 4.79 Å². The molecule has 0 aliphatic rings. The van der Waals surface area contributed by atoms with Crippen LogP contribution in [0.1, 0.15) is 0 Å². The number of aromatic nitrogens is 2. The third kappa shape index (κ3) is 3.66. The van der Waals surface area contributed by atoms with E-state index in [0.29, 0.717) is 29.6 Å². The summed E-state index contributed by atoms with van der Waals surface area (Å²) in [5.74, 6) is 0.216. The summed E-state index contributed by atoms with van der Waals surface area (Å²) in [7, 11) is 1.61. The molecular formula is C12H15ClN4O2. The minimum Gasteiger partial charge on any atom is -0.383 e. The lowest BCUT2D eigenvalue weighted by atomic mass is 10.3. The second-order valence-electron chi connectivity index (χ2n) is 3.94. The van der Waals surface area contributed by atoms with Crippen LogP contribution in [0.2, 0.25) is 5.02 Å². The van der Waals surface area contributed by atoms with E-state index in [1.54, 1.807) is 13.2 Å². The summed E-state index contributed by atoms with van der Waals surface area (Å²) in [4.78, 5) is 18.8. The predicted octanol–water partition coefficient (Wildman–Crippen LogP) is 1.39. The second-order valence-corrected chi connectivity index (χ2v) is 4.35. The number of anilines is 1. The van der Waals surface area contributed by atoms with E-state index >= 15 is 0 Å². The quantitative estimate of drug-likeness (QED) is 0.700. The number of imidazole rings is 1. The van der Waals surface area contributed by atoms with Gasteiger partial charge in [-0.1, -0.05) is 17.7 Å². The normalized spacial score (nSPS) is 10.8. The number of carbonyl (C=O) groups excluding carboxylic acids is 1. The summed E-state index contributed by atoms with van der Waals surface area (Å²) >= 11 is 6.00. The third-order valence-corrected chi connectivity index (χ3v) is 2.79.